The van der Waals surface area contributed by atoms with E-state index in [4.69, 9.17) is 23.2 Å². The number of benzene rings is 2. The summed E-state index contributed by atoms with van der Waals surface area (Å²) in [4.78, 5) is 14.6. The molecule has 0 aromatic heterocycles. The van der Waals surface area contributed by atoms with Crippen molar-refractivity contribution in [3.05, 3.63) is 69.7 Å². The van der Waals surface area contributed by atoms with Crippen LogP contribution in [0.1, 0.15) is 41.6 Å². The van der Waals surface area contributed by atoms with Crippen molar-refractivity contribution in [1.29, 1.82) is 0 Å². The number of piperidine rings is 1. The fourth-order valence-corrected chi connectivity index (χ4v) is 3.85. The maximum absolute atomic E-state index is 12.3. The van der Waals surface area contributed by atoms with Crippen molar-refractivity contribution in [2.75, 3.05) is 19.6 Å². The summed E-state index contributed by atoms with van der Waals surface area (Å²) in [5.41, 5.74) is 0.745. The Morgan fingerprint density at radius 1 is 1.04 bits per heavy atom. The summed E-state index contributed by atoms with van der Waals surface area (Å²) in [7, 11) is 0. The molecular formula is C21H23Cl2NO2. The van der Waals surface area contributed by atoms with Crippen LogP contribution in [0.25, 0.3) is 0 Å². The Bertz CT molecular complexity index is 753. The number of rotatable bonds is 6. The number of likely N-dealkylation sites (tertiary alicyclic amines) is 1. The Kier molecular flexibility index (Phi) is 6.36. The van der Waals surface area contributed by atoms with Crippen molar-refractivity contribution < 1.29 is 9.90 Å². The summed E-state index contributed by atoms with van der Waals surface area (Å²) in [5, 5.41) is 12.1. The highest BCUT2D eigenvalue weighted by molar-refractivity contribution is 6.33. The quantitative estimate of drug-likeness (QED) is 0.708. The van der Waals surface area contributed by atoms with E-state index >= 15 is 0 Å². The van der Waals surface area contributed by atoms with E-state index in [0.717, 1.165) is 31.6 Å². The van der Waals surface area contributed by atoms with Crippen LogP contribution in [-0.2, 0) is 5.60 Å². The Morgan fingerprint density at radius 2 is 1.69 bits per heavy atom. The number of nitrogens with zero attached hydrogens (tertiary/aromatic N) is 1. The number of Topliss-reactive ketones (excluding diaryl/α,β-unsaturated/α-hetero) is 1. The van der Waals surface area contributed by atoms with Crippen LogP contribution >= 0.6 is 23.2 Å². The molecule has 2 aromatic carbocycles. The summed E-state index contributed by atoms with van der Waals surface area (Å²) in [5.74, 6) is 0.0882. The molecule has 0 bridgehead atoms. The molecule has 0 radical (unpaired) electrons. The molecule has 0 atom stereocenters. The van der Waals surface area contributed by atoms with Gasteiger partial charge in [0.1, 0.15) is 0 Å². The van der Waals surface area contributed by atoms with E-state index in [1.54, 1.807) is 12.1 Å². The molecule has 0 spiro atoms. The second kappa shape index (κ2) is 8.53. The molecule has 0 aliphatic carbocycles. The number of carbonyl (C=O) groups excluding carboxylic acids is 1. The minimum absolute atomic E-state index is 0.0882. The van der Waals surface area contributed by atoms with Crippen LogP contribution < -0.4 is 0 Å². The molecule has 3 rings (SSSR count). The van der Waals surface area contributed by atoms with Gasteiger partial charge in [-0.25, -0.2) is 0 Å². The fraction of sp³-hybridized carbons (Fsp3) is 0.381. The third-order valence-corrected chi connectivity index (χ3v) is 5.70. The maximum Gasteiger partial charge on any atom is 0.164 e. The number of halogens is 2. The van der Waals surface area contributed by atoms with Crippen molar-refractivity contribution in [1.82, 2.24) is 4.90 Å². The Morgan fingerprint density at radius 3 is 2.35 bits per heavy atom. The third kappa shape index (κ3) is 4.66. The highest BCUT2D eigenvalue weighted by atomic mass is 35.5. The molecule has 5 heteroatoms. The van der Waals surface area contributed by atoms with Crippen LogP contribution in [0.5, 0.6) is 0 Å². The number of aliphatic hydroxyl groups is 1. The summed E-state index contributed by atoms with van der Waals surface area (Å²) >= 11 is 12.0. The van der Waals surface area contributed by atoms with E-state index in [0.29, 0.717) is 34.9 Å². The molecule has 0 unspecified atom stereocenters. The summed E-state index contributed by atoms with van der Waals surface area (Å²) in [6.07, 6.45) is 2.66. The molecule has 26 heavy (non-hydrogen) atoms. The van der Waals surface area contributed by atoms with Gasteiger partial charge in [-0.3, -0.25) is 4.79 Å². The van der Waals surface area contributed by atoms with Crippen LogP contribution in [0.3, 0.4) is 0 Å². The SMILES string of the molecule is O=C(CCCN1CCC(O)(c2ccc(Cl)cc2)CC1)c1ccccc1Cl. The van der Waals surface area contributed by atoms with Crippen molar-refractivity contribution in [2.45, 2.75) is 31.3 Å². The lowest BCUT2D eigenvalue weighted by molar-refractivity contribution is -0.0260. The molecule has 1 N–H and O–H groups in total. The lowest BCUT2D eigenvalue weighted by Gasteiger charge is -2.38. The predicted octanol–water partition coefficient (Wildman–Crippen LogP) is 4.94. The first-order chi connectivity index (χ1) is 12.5. The molecule has 2 aromatic rings. The molecule has 1 aliphatic heterocycles. The van der Waals surface area contributed by atoms with Gasteiger partial charge in [0.2, 0.25) is 0 Å². The number of ketones is 1. The Hall–Kier alpha value is -1.39. The molecule has 0 amide bonds. The van der Waals surface area contributed by atoms with Crippen molar-refractivity contribution in [2.24, 2.45) is 0 Å². The monoisotopic (exact) mass is 391 g/mol. The number of carbonyl (C=O) groups is 1. The fourth-order valence-electron chi connectivity index (χ4n) is 3.48. The average molecular weight is 392 g/mol. The molecule has 138 valence electrons. The number of hydrogen-bond acceptors (Lipinski definition) is 3. The van der Waals surface area contributed by atoms with Crippen LogP contribution in [-0.4, -0.2) is 35.4 Å². The van der Waals surface area contributed by atoms with Crippen molar-refractivity contribution >= 4 is 29.0 Å². The zero-order valence-electron chi connectivity index (χ0n) is 14.6. The number of hydrogen-bond donors (Lipinski definition) is 1. The minimum Gasteiger partial charge on any atom is -0.385 e. The first-order valence-electron chi connectivity index (χ1n) is 8.96. The van der Waals surface area contributed by atoms with Gasteiger partial charge in [-0.15, -0.1) is 0 Å². The van der Waals surface area contributed by atoms with Crippen LogP contribution in [0, 0.1) is 0 Å². The van der Waals surface area contributed by atoms with E-state index in [9.17, 15) is 9.90 Å². The predicted molar refractivity (Wildman–Crippen MR) is 106 cm³/mol. The van der Waals surface area contributed by atoms with Crippen LogP contribution in [0.15, 0.2) is 48.5 Å². The van der Waals surface area contributed by atoms with E-state index in [1.165, 1.54) is 0 Å². The lowest BCUT2D eigenvalue weighted by atomic mass is 9.84. The largest absolute Gasteiger partial charge is 0.385 e. The second-order valence-electron chi connectivity index (χ2n) is 6.89. The minimum atomic E-state index is -0.783. The van der Waals surface area contributed by atoms with Crippen LogP contribution in [0.2, 0.25) is 10.0 Å². The first kappa shape index (κ1) is 19.4. The van der Waals surface area contributed by atoms with Gasteiger partial charge in [0, 0.05) is 30.1 Å². The molecule has 1 aliphatic rings. The van der Waals surface area contributed by atoms with E-state index < -0.39 is 5.60 Å². The van der Waals surface area contributed by atoms with Gasteiger partial charge in [-0.1, -0.05) is 47.5 Å². The van der Waals surface area contributed by atoms with Gasteiger partial charge >= 0.3 is 0 Å². The van der Waals surface area contributed by atoms with Gasteiger partial charge in [0.15, 0.2) is 5.78 Å². The van der Waals surface area contributed by atoms with Gasteiger partial charge in [0.25, 0.3) is 0 Å². The summed E-state index contributed by atoms with van der Waals surface area (Å²) < 4.78 is 0. The van der Waals surface area contributed by atoms with Gasteiger partial charge in [0.05, 0.1) is 10.6 Å². The molecule has 1 heterocycles. The van der Waals surface area contributed by atoms with E-state index in [-0.39, 0.29) is 5.78 Å². The zero-order valence-corrected chi connectivity index (χ0v) is 16.1. The highest BCUT2D eigenvalue weighted by Gasteiger charge is 2.33. The van der Waals surface area contributed by atoms with E-state index in [1.807, 2.05) is 36.4 Å². The lowest BCUT2D eigenvalue weighted by Crippen LogP contribution is -2.42. The zero-order chi connectivity index (χ0) is 18.6. The highest BCUT2D eigenvalue weighted by Crippen LogP contribution is 2.33. The maximum atomic E-state index is 12.3. The molecule has 1 fully saturated rings. The van der Waals surface area contributed by atoms with Gasteiger partial charge in [-0.05, 0) is 55.6 Å². The molecular weight excluding hydrogens is 369 g/mol. The third-order valence-electron chi connectivity index (χ3n) is 5.12. The Labute approximate surface area is 164 Å². The Balaban J connectivity index is 1.46. The molecule has 1 saturated heterocycles. The van der Waals surface area contributed by atoms with E-state index in [2.05, 4.69) is 4.90 Å². The topological polar surface area (TPSA) is 40.5 Å². The van der Waals surface area contributed by atoms with Gasteiger partial charge < -0.3 is 10.0 Å². The standard InChI is InChI=1S/C21H23Cl2NO2/c22-17-9-7-16(8-10-17)21(26)11-14-24(15-12-21)13-3-6-20(25)18-4-1-2-5-19(18)23/h1-2,4-5,7-10,26H,3,6,11-15H2. The second-order valence-corrected chi connectivity index (χ2v) is 7.73. The van der Waals surface area contributed by atoms with Gasteiger partial charge in [-0.2, -0.15) is 0 Å². The molecule has 0 saturated carbocycles. The van der Waals surface area contributed by atoms with Crippen molar-refractivity contribution in [3.63, 3.8) is 0 Å². The molecule has 3 nitrogen and oxygen atoms in total. The normalized spacial score (nSPS) is 17.2. The van der Waals surface area contributed by atoms with Crippen molar-refractivity contribution in [3.8, 4) is 0 Å². The summed E-state index contributed by atoms with van der Waals surface area (Å²) in [6.45, 7) is 2.49. The smallest absolute Gasteiger partial charge is 0.164 e. The van der Waals surface area contributed by atoms with Crippen LogP contribution in [0.4, 0.5) is 0 Å². The first-order valence-corrected chi connectivity index (χ1v) is 9.72. The average Bonchev–Trinajstić information content (AvgIpc) is 2.64. The summed E-state index contributed by atoms with van der Waals surface area (Å²) in [6, 6.07) is 14.6.